The zero-order valence-corrected chi connectivity index (χ0v) is 9.33. The summed E-state index contributed by atoms with van der Waals surface area (Å²) >= 11 is 0. The number of hydrogen-bond acceptors (Lipinski definition) is 3. The van der Waals surface area contributed by atoms with Crippen LogP contribution in [0.15, 0.2) is 42.7 Å². The molecule has 3 aromatic rings. The van der Waals surface area contributed by atoms with E-state index < -0.39 is 0 Å². The molecule has 0 unspecified atom stereocenters. The first-order valence-electron chi connectivity index (χ1n) is 5.35. The third kappa shape index (κ3) is 1.63. The van der Waals surface area contributed by atoms with Gasteiger partial charge in [0.25, 0.3) is 0 Å². The van der Waals surface area contributed by atoms with Crippen molar-refractivity contribution in [2.75, 3.05) is 0 Å². The van der Waals surface area contributed by atoms with Gasteiger partial charge in [0.1, 0.15) is 0 Å². The Morgan fingerprint density at radius 3 is 2.71 bits per heavy atom. The highest BCUT2D eigenvalue weighted by molar-refractivity contribution is 5.83. The molecule has 2 aromatic heterocycles. The van der Waals surface area contributed by atoms with Crippen molar-refractivity contribution >= 4 is 10.9 Å². The summed E-state index contributed by atoms with van der Waals surface area (Å²) in [5.74, 6) is 0.492. The first-order valence-corrected chi connectivity index (χ1v) is 5.35. The van der Waals surface area contributed by atoms with Crippen LogP contribution in [0.4, 0.5) is 0 Å². The van der Waals surface area contributed by atoms with Gasteiger partial charge in [0.2, 0.25) is 11.8 Å². The van der Waals surface area contributed by atoms with Gasteiger partial charge in [-0.2, -0.15) is 4.98 Å². The molecule has 84 valence electrons. The molecule has 0 fully saturated rings. The summed E-state index contributed by atoms with van der Waals surface area (Å²) in [4.78, 5) is 8.50. The van der Waals surface area contributed by atoms with Crippen LogP contribution in [0.2, 0.25) is 0 Å². The van der Waals surface area contributed by atoms with Crippen LogP contribution in [0.3, 0.4) is 0 Å². The van der Waals surface area contributed by atoms with Crippen LogP contribution in [0.1, 0.15) is 5.56 Å². The van der Waals surface area contributed by atoms with E-state index >= 15 is 0 Å². The van der Waals surface area contributed by atoms with Crippen molar-refractivity contribution in [3.63, 3.8) is 0 Å². The lowest BCUT2D eigenvalue weighted by molar-refractivity contribution is 0.458. The van der Waals surface area contributed by atoms with E-state index in [4.69, 9.17) is 0 Å². The van der Waals surface area contributed by atoms with Gasteiger partial charge in [-0.15, -0.1) is 0 Å². The van der Waals surface area contributed by atoms with Gasteiger partial charge in [-0.05, 0) is 30.7 Å². The van der Waals surface area contributed by atoms with Crippen LogP contribution >= 0.6 is 0 Å². The maximum Gasteiger partial charge on any atom is 0.237 e. The minimum Gasteiger partial charge on any atom is -0.493 e. The molecule has 0 saturated carbocycles. The number of fused-ring (bicyclic) bond motifs is 1. The monoisotopic (exact) mass is 225 g/mol. The summed E-state index contributed by atoms with van der Waals surface area (Å²) in [7, 11) is 0. The maximum absolute atomic E-state index is 9.86. The number of benzene rings is 1. The van der Waals surface area contributed by atoms with Crippen molar-refractivity contribution in [2.45, 2.75) is 6.92 Å². The fourth-order valence-corrected chi connectivity index (χ4v) is 1.79. The molecule has 0 radical (unpaired) electrons. The highest BCUT2D eigenvalue weighted by Crippen LogP contribution is 2.21. The van der Waals surface area contributed by atoms with Crippen LogP contribution in [-0.4, -0.2) is 19.6 Å². The Bertz CT molecular complexity index is 688. The summed E-state index contributed by atoms with van der Waals surface area (Å²) < 4.78 is 1.79. The number of aryl methyl sites for hydroxylation is 1. The van der Waals surface area contributed by atoms with E-state index in [9.17, 15) is 5.11 Å². The fourth-order valence-electron chi connectivity index (χ4n) is 1.79. The van der Waals surface area contributed by atoms with E-state index in [1.54, 1.807) is 10.6 Å². The zero-order chi connectivity index (χ0) is 11.8. The average molecular weight is 225 g/mol. The normalized spacial score (nSPS) is 10.9. The van der Waals surface area contributed by atoms with Gasteiger partial charge < -0.3 is 5.11 Å². The first kappa shape index (κ1) is 9.84. The standard InChI is InChI=1S/C13H11N3O/c1-9-6-7-16(8-9)13-14-11-5-3-2-4-10(11)12(17)15-13/h2-8H,1H3,(H,14,15,17). The number of aromatic nitrogens is 3. The molecule has 0 aliphatic heterocycles. The van der Waals surface area contributed by atoms with E-state index in [1.165, 1.54) is 0 Å². The van der Waals surface area contributed by atoms with Gasteiger partial charge in [0.05, 0.1) is 10.9 Å². The summed E-state index contributed by atoms with van der Waals surface area (Å²) in [6.45, 7) is 2.00. The van der Waals surface area contributed by atoms with Crippen molar-refractivity contribution in [2.24, 2.45) is 0 Å². The quantitative estimate of drug-likeness (QED) is 0.692. The fraction of sp³-hybridized carbons (Fsp3) is 0.0769. The highest BCUT2D eigenvalue weighted by Gasteiger charge is 2.07. The third-order valence-electron chi connectivity index (χ3n) is 2.64. The van der Waals surface area contributed by atoms with E-state index in [2.05, 4.69) is 9.97 Å². The number of aromatic hydroxyl groups is 1. The van der Waals surface area contributed by atoms with Crippen LogP contribution in [-0.2, 0) is 0 Å². The molecule has 0 saturated heterocycles. The van der Waals surface area contributed by atoms with Crippen LogP contribution in [0.5, 0.6) is 5.88 Å². The lowest BCUT2D eigenvalue weighted by Crippen LogP contribution is -1.98. The van der Waals surface area contributed by atoms with Crippen molar-refractivity contribution in [3.05, 3.63) is 48.3 Å². The number of nitrogens with zero attached hydrogens (tertiary/aromatic N) is 3. The van der Waals surface area contributed by atoms with E-state index in [0.29, 0.717) is 11.3 Å². The number of hydrogen-bond donors (Lipinski definition) is 1. The maximum atomic E-state index is 9.86. The molecular formula is C13H11N3O. The predicted molar refractivity (Wildman–Crippen MR) is 65.3 cm³/mol. The number of rotatable bonds is 1. The zero-order valence-electron chi connectivity index (χ0n) is 9.33. The Kier molecular flexibility index (Phi) is 2.08. The van der Waals surface area contributed by atoms with Crippen molar-refractivity contribution in [3.8, 4) is 11.8 Å². The minimum atomic E-state index is 0.0111. The van der Waals surface area contributed by atoms with Crippen molar-refractivity contribution in [1.82, 2.24) is 14.5 Å². The van der Waals surface area contributed by atoms with Gasteiger partial charge in [-0.1, -0.05) is 12.1 Å². The molecule has 4 heteroatoms. The first-order chi connectivity index (χ1) is 8.24. The Morgan fingerprint density at radius 2 is 1.94 bits per heavy atom. The van der Waals surface area contributed by atoms with E-state index in [-0.39, 0.29) is 5.88 Å². The van der Waals surface area contributed by atoms with Gasteiger partial charge in [-0.3, -0.25) is 4.57 Å². The highest BCUT2D eigenvalue weighted by atomic mass is 16.3. The molecule has 0 spiro atoms. The van der Waals surface area contributed by atoms with E-state index in [1.807, 2.05) is 43.6 Å². The van der Waals surface area contributed by atoms with E-state index in [0.717, 1.165) is 11.1 Å². The Hall–Kier alpha value is -2.36. The van der Waals surface area contributed by atoms with Crippen molar-refractivity contribution < 1.29 is 5.11 Å². The SMILES string of the molecule is Cc1ccn(-c2nc(O)c3ccccc3n2)c1. The molecule has 0 amide bonds. The third-order valence-corrected chi connectivity index (χ3v) is 2.64. The Labute approximate surface area is 98.2 Å². The predicted octanol–water partition coefficient (Wildman–Crippen LogP) is 2.43. The van der Waals surface area contributed by atoms with Crippen LogP contribution in [0.25, 0.3) is 16.9 Å². The molecule has 0 aliphatic rings. The van der Waals surface area contributed by atoms with Gasteiger partial charge in [-0.25, -0.2) is 4.98 Å². The van der Waals surface area contributed by atoms with Crippen LogP contribution in [0, 0.1) is 6.92 Å². The molecule has 1 aromatic carbocycles. The summed E-state index contributed by atoms with van der Waals surface area (Å²) in [6, 6.07) is 9.37. The molecule has 1 N–H and O–H groups in total. The Morgan fingerprint density at radius 1 is 1.12 bits per heavy atom. The molecule has 17 heavy (non-hydrogen) atoms. The molecule has 0 bridgehead atoms. The topological polar surface area (TPSA) is 50.9 Å². The molecular weight excluding hydrogens is 214 g/mol. The number of para-hydroxylation sites is 1. The summed E-state index contributed by atoms with van der Waals surface area (Å²) in [5.41, 5.74) is 1.86. The lowest BCUT2D eigenvalue weighted by Gasteiger charge is -2.04. The minimum absolute atomic E-state index is 0.0111. The molecule has 0 atom stereocenters. The van der Waals surface area contributed by atoms with Crippen LogP contribution < -0.4 is 0 Å². The van der Waals surface area contributed by atoms with Gasteiger partial charge >= 0.3 is 0 Å². The smallest absolute Gasteiger partial charge is 0.237 e. The molecule has 2 heterocycles. The second-order valence-electron chi connectivity index (χ2n) is 3.96. The van der Waals surface area contributed by atoms with Crippen molar-refractivity contribution in [1.29, 1.82) is 0 Å². The second-order valence-corrected chi connectivity index (χ2v) is 3.96. The average Bonchev–Trinajstić information content (AvgIpc) is 2.76. The van der Waals surface area contributed by atoms with Gasteiger partial charge in [0, 0.05) is 12.4 Å². The molecule has 0 aliphatic carbocycles. The second kappa shape index (κ2) is 3.59. The van der Waals surface area contributed by atoms with Gasteiger partial charge in [0.15, 0.2) is 0 Å². The lowest BCUT2D eigenvalue weighted by atomic mass is 10.2. The molecule has 4 nitrogen and oxygen atoms in total. The summed E-state index contributed by atoms with van der Waals surface area (Å²) in [5, 5.41) is 10.5. The summed E-state index contributed by atoms with van der Waals surface area (Å²) in [6.07, 6.45) is 3.79. The largest absolute Gasteiger partial charge is 0.493 e. The molecule has 3 rings (SSSR count). The Balaban J connectivity index is 2.25.